The molecule has 0 spiro atoms. The molecule has 0 aliphatic carbocycles. The number of carbonyl (C=O) groups is 2. The molecule has 0 aromatic heterocycles. The second-order valence-electron chi connectivity index (χ2n) is 6.96. The SMILES string of the molecule is CCOC(=O)C1C(=O)/C(=C/c2ccc([N+](=O)[O-])cc2)SC1=Nc1cccc2ccccc12. The molecule has 3 aromatic carbocycles. The number of Topliss-reactive ketones (excluding diaryl/α,β-unsaturated/α-hetero) is 1. The lowest BCUT2D eigenvalue weighted by atomic mass is 10.0. The minimum absolute atomic E-state index is 0.0415. The van der Waals surface area contributed by atoms with E-state index < -0.39 is 22.6 Å². The van der Waals surface area contributed by atoms with E-state index in [0.717, 1.165) is 22.5 Å². The smallest absolute Gasteiger partial charge is 0.323 e. The summed E-state index contributed by atoms with van der Waals surface area (Å²) in [7, 11) is 0. The Balaban J connectivity index is 1.75. The monoisotopic (exact) mass is 446 g/mol. The number of ketones is 1. The molecule has 0 amide bonds. The van der Waals surface area contributed by atoms with Gasteiger partial charge < -0.3 is 4.74 Å². The van der Waals surface area contributed by atoms with Crippen LogP contribution in [0.5, 0.6) is 0 Å². The molecule has 32 heavy (non-hydrogen) atoms. The minimum atomic E-state index is -1.14. The number of rotatable bonds is 5. The van der Waals surface area contributed by atoms with E-state index in [0.29, 0.717) is 21.2 Å². The molecule has 0 saturated carbocycles. The lowest BCUT2D eigenvalue weighted by Crippen LogP contribution is -2.27. The number of carbonyl (C=O) groups excluding carboxylic acids is 2. The first-order valence-corrected chi connectivity index (χ1v) is 10.7. The van der Waals surface area contributed by atoms with Crippen LogP contribution in [0.3, 0.4) is 0 Å². The van der Waals surface area contributed by atoms with Crippen LogP contribution in [0.1, 0.15) is 12.5 Å². The van der Waals surface area contributed by atoms with Crippen molar-refractivity contribution in [3.05, 3.63) is 87.3 Å². The number of nitrogens with zero attached hydrogens (tertiary/aromatic N) is 2. The van der Waals surface area contributed by atoms with Crippen molar-refractivity contribution in [3.8, 4) is 0 Å². The van der Waals surface area contributed by atoms with Crippen molar-refractivity contribution in [2.45, 2.75) is 6.92 Å². The predicted octanol–water partition coefficient (Wildman–Crippen LogP) is 5.31. The van der Waals surface area contributed by atoms with Crippen LogP contribution in [0, 0.1) is 16.0 Å². The summed E-state index contributed by atoms with van der Waals surface area (Å²) in [6.45, 7) is 1.83. The van der Waals surface area contributed by atoms with Crippen LogP contribution in [-0.4, -0.2) is 28.3 Å². The summed E-state index contributed by atoms with van der Waals surface area (Å²) in [4.78, 5) is 41.1. The summed E-state index contributed by atoms with van der Waals surface area (Å²) < 4.78 is 5.14. The molecular formula is C24H18N2O5S. The minimum Gasteiger partial charge on any atom is -0.465 e. The van der Waals surface area contributed by atoms with Crippen molar-refractivity contribution in [1.29, 1.82) is 0 Å². The Labute approximate surface area is 188 Å². The Bertz CT molecular complexity index is 1280. The van der Waals surface area contributed by atoms with Gasteiger partial charge in [-0.25, -0.2) is 4.99 Å². The standard InChI is InChI=1S/C24H18N2O5S/c1-2-31-24(28)21-22(27)20(14-15-10-12-17(13-11-15)26(29)30)32-23(21)25-19-9-5-7-16-6-3-4-8-18(16)19/h3-14,21H,2H2,1H3/b20-14-,25-23?. The van der Waals surface area contributed by atoms with Gasteiger partial charge in [0.15, 0.2) is 11.7 Å². The van der Waals surface area contributed by atoms with Crippen LogP contribution >= 0.6 is 11.8 Å². The first-order chi connectivity index (χ1) is 15.5. The Morgan fingerprint density at radius 1 is 1.12 bits per heavy atom. The fraction of sp³-hybridized carbons (Fsp3) is 0.125. The topological polar surface area (TPSA) is 98.9 Å². The number of esters is 1. The van der Waals surface area contributed by atoms with E-state index in [2.05, 4.69) is 4.99 Å². The Kier molecular flexibility index (Phi) is 6.13. The van der Waals surface area contributed by atoms with Crippen LogP contribution in [0.15, 0.2) is 76.6 Å². The molecule has 1 fully saturated rings. The first-order valence-electron chi connectivity index (χ1n) is 9.89. The van der Waals surface area contributed by atoms with Crippen LogP contribution in [0.4, 0.5) is 11.4 Å². The van der Waals surface area contributed by atoms with Crippen molar-refractivity contribution in [1.82, 2.24) is 0 Å². The molecule has 1 atom stereocenters. The normalized spacial score (nSPS) is 18.4. The van der Waals surface area contributed by atoms with Gasteiger partial charge in [0.1, 0.15) is 5.04 Å². The molecule has 4 rings (SSSR count). The van der Waals surface area contributed by atoms with Crippen molar-refractivity contribution < 1.29 is 19.2 Å². The third-order valence-electron chi connectivity index (χ3n) is 4.89. The first kappa shape index (κ1) is 21.5. The summed E-state index contributed by atoms with van der Waals surface area (Å²) in [6.07, 6.45) is 1.61. The van der Waals surface area contributed by atoms with E-state index >= 15 is 0 Å². The number of benzene rings is 3. The van der Waals surface area contributed by atoms with E-state index in [9.17, 15) is 19.7 Å². The summed E-state index contributed by atoms with van der Waals surface area (Å²) in [5.41, 5.74) is 1.23. The number of fused-ring (bicyclic) bond motifs is 1. The number of nitro benzene ring substituents is 1. The van der Waals surface area contributed by atoms with Gasteiger partial charge in [-0.15, -0.1) is 0 Å². The molecule has 1 heterocycles. The lowest BCUT2D eigenvalue weighted by Gasteiger charge is -2.08. The number of allylic oxidation sites excluding steroid dienone is 1. The maximum Gasteiger partial charge on any atom is 0.323 e. The lowest BCUT2D eigenvalue weighted by molar-refractivity contribution is -0.384. The molecule has 1 saturated heterocycles. The number of hydrogen-bond acceptors (Lipinski definition) is 7. The van der Waals surface area contributed by atoms with Crippen LogP contribution in [0.2, 0.25) is 0 Å². The molecule has 0 N–H and O–H groups in total. The number of aliphatic imine (C=N–C) groups is 1. The molecule has 160 valence electrons. The number of ether oxygens (including phenoxy) is 1. The highest BCUT2D eigenvalue weighted by atomic mass is 32.2. The fourth-order valence-corrected chi connectivity index (χ4v) is 4.47. The molecule has 3 aromatic rings. The van der Waals surface area contributed by atoms with Gasteiger partial charge in [0.05, 0.1) is 22.1 Å². The summed E-state index contributed by atoms with van der Waals surface area (Å²) in [5, 5.41) is 13.1. The number of thioether (sulfide) groups is 1. The summed E-state index contributed by atoms with van der Waals surface area (Å²) >= 11 is 1.12. The Morgan fingerprint density at radius 2 is 1.84 bits per heavy atom. The van der Waals surface area contributed by atoms with Crippen LogP contribution in [-0.2, 0) is 14.3 Å². The van der Waals surface area contributed by atoms with Gasteiger partial charge >= 0.3 is 5.97 Å². The predicted molar refractivity (Wildman–Crippen MR) is 125 cm³/mol. The van der Waals surface area contributed by atoms with Gasteiger partial charge in [-0.1, -0.05) is 48.2 Å². The van der Waals surface area contributed by atoms with Crippen molar-refractivity contribution >= 4 is 56.8 Å². The Morgan fingerprint density at radius 3 is 2.56 bits per heavy atom. The largest absolute Gasteiger partial charge is 0.465 e. The average molecular weight is 446 g/mol. The van der Waals surface area contributed by atoms with Crippen LogP contribution < -0.4 is 0 Å². The molecule has 7 nitrogen and oxygen atoms in total. The van der Waals surface area contributed by atoms with Crippen LogP contribution in [0.25, 0.3) is 16.8 Å². The van der Waals surface area contributed by atoms with E-state index in [4.69, 9.17) is 4.74 Å². The quantitative estimate of drug-likeness (QED) is 0.173. The van der Waals surface area contributed by atoms with Gasteiger partial charge in [-0.2, -0.15) is 0 Å². The second kappa shape index (κ2) is 9.15. The molecule has 1 unspecified atom stereocenters. The van der Waals surface area contributed by atoms with Gasteiger partial charge in [0.2, 0.25) is 0 Å². The highest BCUT2D eigenvalue weighted by molar-refractivity contribution is 8.19. The van der Waals surface area contributed by atoms with Gasteiger partial charge in [-0.3, -0.25) is 19.7 Å². The maximum absolute atomic E-state index is 13.1. The zero-order valence-corrected chi connectivity index (χ0v) is 17.9. The van der Waals surface area contributed by atoms with Crippen molar-refractivity contribution in [3.63, 3.8) is 0 Å². The third kappa shape index (κ3) is 4.31. The fourth-order valence-electron chi connectivity index (χ4n) is 3.37. The number of hydrogen-bond donors (Lipinski definition) is 0. The summed E-state index contributed by atoms with van der Waals surface area (Å²) in [6, 6.07) is 19.2. The molecule has 1 aliphatic heterocycles. The average Bonchev–Trinajstić information content (AvgIpc) is 3.09. The molecule has 8 heteroatoms. The third-order valence-corrected chi connectivity index (χ3v) is 5.96. The zero-order chi connectivity index (χ0) is 22.7. The van der Waals surface area contributed by atoms with E-state index in [-0.39, 0.29) is 12.3 Å². The maximum atomic E-state index is 13.1. The number of non-ortho nitro benzene ring substituents is 1. The molecule has 0 radical (unpaired) electrons. The molecule has 1 aliphatic rings. The molecular weight excluding hydrogens is 428 g/mol. The van der Waals surface area contributed by atoms with E-state index in [1.54, 1.807) is 25.1 Å². The highest BCUT2D eigenvalue weighted by Crippen LogP contribution is 2.39. The van der Waals surface area contributed by atoms with E-state index in [1.807, 2.05) is 42.5 Å². The molecule has 0 bridgehead atoms. The number of nitro groups is 1. The van der Waals surface area contributed by atoms with Crippen molar-refractivity contribution in [2.75, 3.05) is 6.61 Å². The highest BCUT2D eigenvalue weighted by Gasteiger charge is 2.42. The van der Waals surface area contributed by atoms with E-state index in [1.165, 1.54) is 12.1 Å². The second-order valence-corrected chi connectivity index (χ2v) is 8.02. The van der Waals surface area contributed by atoms with Gasteiger partial charge in [0, 0.05) is 17.5 Å². The van der Waals surface area contributed by atoms with Gasteiger partial charge in [0.25, 0.3) is 5.69 Å². The Hall–Kier alpha value is -3.78. The zero-order valence-electron chi connectivity index (χ0n) is 17.1. The van der Waals surface area contributed by atoms with Gasteiger partial charge in [-0.05, 0) is 42.1 Å². The van der Waals surface area contributed by atoms with Crippen molar-refractivity contribution in [2.24, 2.45) is 10.9 Å². The summed E-state index contributed by atoms with van der Waals surface area (Å²) in [5.74, 6) is -2.18.